The molecule has 0 saturated heterocycles. The van der Waals surface area contributed by atoms with Crippen molar-refractivity contribution in [1.82, 2.24) is 4.98 Å². The van der Waals surface area contributed by atoms with E-state index in [0.717, 1.165) is 17.4 Å². The van der Waals surface area contributed by atoms with Crippen LogP contribution in [0.5, 0.6) is 0 Å². The number of nitrogens with one attached hydrogen (secondary N) is 1. The van der Waals surface area contributed by atoms with Crippen molar-refractivity contribution in [2.24, 2.45) is 5.73 Å². The fourth-order valence-electron chi connectivity index (χ4n) is 1.52. The first-order valence-corrected chi connectivity index (χ1v) is 6.52. The summed E-state index contributed by atoms with van der Waals surface area (Å²) >= 11 is 1.16. The number of hydrogen-bond donors (Lipinski definition) is 2. The topological polar surface area (TPSA) is 68.0 Å². The molecule has 0 spiro atoms. The van der Waals surface area contributed by atoms with E-state index >= 15 is 0 Å². The van der Waals surface area contributed by atoms with E-state index in [4.69, 9.17) is 5.73 Å². The third-order valence-corrected chi connectivity index (χ3v) is 3.36. The Kier molecular flexibility index (Phi) is 4.24. The van der Waals surface area contributed by atoms with Crippen LogP contribution in [0.15, 0.2) is 23.6 Å². The normalized spacial score (nSPS) is 11.5. The number of amides is 1. The lowest BCUT2D eigenvalue weighted by Gasteiger charge is -2.10. The smallest absolute Gasteiger partial charge is 0.325 e. The molecule has 1 heterocycles. The van der Waals surface area contributed by atoms with E-state index in [2.05, 4.69) is 10.3 Å². The molecule has 0 fully saturated rings. The average molecular weight is 319 g/mol. The molecule has 4 nitrogen and oxygen atoms in total. The Hall–Kier alpha value is -2.00. The number of hydrogen-bond acceptors (Lipinski definition) is 4. The number of nitrogens with zero attached hydrogens (tertiary/aromatic N) is 1. The third-order valence-electron chi connectivity index (χ3n) is 2.49. The summed E-state index contributed by atoms with van der Waals surface area (Å²) in [5, 5.41) is 4.19. The predicted molar refractivity (Wildman–Crippen MR) is 69.4 cm³/mol. The van der Waals surface area contributed by atoms with Crippen molar-refractivity contribution in [3.8, 4) is 0 Å². The fraction of sp³-hybridized carbons (Fsp3) is 0.167. The van der Waals surface area contributed by atoms with Crippen molar-refractivity contribution < 1.29 is 22.4 Å². The Morgan fingerprint density at radius 3 is 2.67 bits per heavy atom. The molecular formula is C12H9F4N3OS. The van der Waals surface area contributed by atoms with Crippen molar-refractivity contribution >= 4 is 22.9 Å². The Morgan fingerprint density at radius 1 is 1.38 bits per heavy atom. The van der Waals surface area contributed by atoms with E-state index < -0.39 is 23.5 Å². The number of aromatic nitrogens is 1. The molecule has 2 rings (SSSR count). The summed E-state index contributed by atoms with van der Waals surface area (Å²) in [5.74, 6) is -2.09. The number of benzene rings is 1. The van der Waals surface area contributed by atoms with Crippen molar-refractivity contribution in [1.29, 1.82) is 0 Å². The third kappa shape index (κ3) is 3.56. The molecule has 21 heavy (non-hydrogen) atoms. The van der Waals surface area contributed by atoms with Crippen LogP contribution in [0, 0.1) is 5.82 Å². The number of halogens is 4. The first-order chi connectivity index (χ1) is 9.81. The lowest BCUT2D eigenvalue weighted by Crippen LogP contribution is -2.14. The molecule has 0 unspecified atom stereocenters. The summed E-state index contributed by atoms with van der Waals surface area (Å²) in [6.07, 6.45) is -4.84. The second-order valence-electron chi connectivity index (χ2n) is 3.98. The second-order valence-corrected chi connectivity index (χ2v) is 4.92. The van der Waals surface area contributed by atoms with Gasteiger partial charge in [-0.05, 0) is 18.2 Å². The predicted octanol–water partition coefficient (Wildman–Crippen LogP) is 3.01. The Balaban J connectivity index is 2.21. The van der Waals surface area contributed by atoms with Crippen molar-refractivity contribution in [3.05, 3.63) is 45.7 Å². The van der Waals surface area contributed by atoms with Gasteiger partial charge in [-0.1, -0.05) is 0 Å². The molecule has 0 aliphatic heterocycles. The number of alkyl halides is 3. The van der Waals surface area contributed by atoms with E-state index in [1.807, 2.05) is 0 Å². The summed E-state index contributed by atoms with van der Waals surface area (Å²) in [6, 6.07) is 2.22. The van der Waals surface area contributed by atoms with E-state index in [9.17, 15) is 22.4 Å². The molecule has 1 aromatic heterocycles. The van der Waals surface area contributed by atoms with Gasteiger partial charge in [-0.2, -0.15) is 13.2 Å². The summed E-state index contributed by atoms with van der Waals surface area (Å²) < 4.78 is 50.8. The minimum atomic E-state index is -4.84. The largest absolute Gasteiger partial charge is 0.419 e. The lowest BCUT2D eigenvalue weighted by molar-refractivity contribution is -0.139. The van der Waals surface area contributed by atoms with Crippen molar-refractivity contribution in [3.63, 3.8) is 0 Å². The Bertz CT molecular complexity index is 669. The molecule has 112 valence electrons. The highest BCUT2D eigenvalue weighted by Gasteiger charge is 2.34. The SMILES string of the molecule is NCc1nc(C(=O)Nc2ccc(F)c(C(F)(F)F)c2)cs1. The molecule has 0 aliphatic rings. The zero-order chi connectivity index (χ0) is 15.6. The fourth-order valence-corrected chi connectivity index (χ4v) is 2.18. The van der Waals surface area contributed by atoms with Gasteiger partial charge in [-0.3, -0.25) is 4.79 Å². The number of carbonyl (C=O) groups is 1. The standard InChI is InChI=1S/C12H9F4N3OS/c13-8-2-1-6(3-7(8)12(14,15)16)18-11(20)9-5-21-10(4-17)19-9/h1-3,5H,4,17H2,(H,18,20). The molecular weight excluding hydrogens is 310 g/mol. The van der Waals surface area contributed by atoms with Gasteiger partial charge in [0.05, 0.1) is 5.56 Å². The highest BCUT2D eigenvalue weighted by molar-refractivity contribution is 7.09. The van der Waals surface area contributed by atoms with Gasteiger partial charge in [0.25, 0.3) is 5.91 Å². The molecule has 0 radical (unpaired) electrons. The van der Waals surface area contributed by atoms with Crippen LogP contribution in [0.2, 0.25) is 0 Å². The second kappa shape index (κ2) is 5.78. The summed E-state index contributed by atoms with van der Waals surface area (Å²) in [4.78, 5) is 15.7. The van der Waals surface area contributed by atoms with Gasteiger partial charge in [-0.25, -0.2) is 9.37 Å². The molecule has 1 amide bonds. The van der Waals surface area contributed by atoms with Crippen molar-refractivity contribution in [2.75, 3.05) is 5.32 Å². The summed E-state index contributed by atoms with van der Waals surface area (Å²) in [6.45, 7) is 0.159. The molecule has 9 heteroatoms. The van der Waals surface area contributed by atoms with Crippen LogP contribution in [0.4, 0.5) is 23.2 Å². The van der Waals surface area contributed by atoms with E-state index in [1.54, 1.807) is 0 Å². The molecule has 0 atom stereocenters. The Labute approximate surface area is 120 Å². The van der Waals surface area contributed by atoms with Crippen LogP contribution in [0.25, 0.3) is 0 Å². The van der Waals surface area contributed by atoms with Crippen LogP contribution in [-0.2, 0) is 12.7 Å². The zero-order valence-electron chi connectivity index (χ0n) is 10.4. The summed E-state index contributed by atoms with van der Waals surface area (Å²) in [7, 11) is 0. The highest BCUT2D eigenvalue weighted by atomic mass is 32.1. The van der Waals surface area contributed by atoms with Crippen LogP contribution < -0.4 is 11.1 Å². The van der Waals surface area contributed by atoms with E-state index in [0.29, 0.717) is 17.1 Å². The maximum absolute atomic E-state index is 13.1. The zero-order valence-corrected chi connectivity index (χ0v) is 11.2. The first kappa shape index (κ1) is 15.4. The molecule has 1 aromatic carbocycles. The van der Waals surface area contributed by atoms with Crippen LogP contribution >= 0.6 is 11.3 Å². The first-order valence-electron chi connectivity index (χ1n) is 5.64. The van der Waals surface area contributed by atoms with Crippen molar-refractivity contribution in [2.45, 2.75) is 12.7 Å². The van der Waals surface area contributed by atoms with Gasteiger partial charge in [0.15, 0.2) is 0 Å². The number of anilines is 1. The highest BCUT2D eigenvalue weighted by Crippen LogP contribution is 2.33. The quantitative estimate of drug-likeness (QED) is 0.855. The molecule has 0 aliphatic carbocycles. The maximum Gasteiger partial charge on any atom is 0.419 e. The minimum Gasteiger partial charge on any atom is -0.325 e. The van der Waals surface area contributed by atoms with E-state index in [-0.39, 0.29) is 17.9 Å². The molecule has 0 bridgehead atoms. The number of nitrogens with two attached hydrogens (primary N) is 1. The average Bonchev–Trinajstić information content (AvgIpc) is 2.88. The monoisotopic (exact) mass is 319 g/mol. The van der Waals surface area contributed by atoms with Gasteiger partial charge in [0.1, 0.15) is 16.5 Å². The van der Waals surface area contributed by atoms with Crippen LogP contribution in [-0.4, -0.2) is 10.9 Å². The van der Waals surface area contributed by atoms with Gasteiger partial charge >= 0.3 is 6.18 Å². The Morgan fingerprint density at radius 2 is 2.10 bits per heavy atom. The maximum atomic E-state index is 13.1. The van der Waals surface area contributed by atoms with Gasteiger partial charge in [-0.15, -0.1) is 11.3 Å². The molecule has 3 N–H and O–H groups in total. The number of thiazole rings is 1. The van der Waals surface area contributed by atoms with Crippen LogP contribution in [0.1, 0.15) is 21.1 Å². The molecule has 2 aromatic rings. The van der Waals surface area contributed by atoms with Gasteiger partial charge in [0.2, 0.25) is 0 Å². The van der Waals surface area contributed by atoms with Gasteiger partial charge in [0, 0.05) is 17.6 Å². The lowest BCUT2D eigenvalue weighted by atomic mass is 10.2. The number of rotatable bonds is 3. The molecule has 0 saturated carbocycles. The minimum absolute atomic E-state index is 0.0401. The number of carbonyl (C=O) groups excluding carboxylic acids is 1. The summed E-state index contributed by atoms with van der Waals surface area (Å²) in [5.41, 5.74) is 3.78. The van der Waals surface area contributed by atoms with Crippen LogP contribution in [0.3, 0.4) is 0 Å². The van der Waals surface area contributed by atoms with E-state index in [1.165, 1.54) is 5.38 Å². The van der Waals surface area contributed by atoms with Gasteiger partial charge < -0.3 is 11.1 Å².